The number of aromatic nitrogens is 3. The van der Waals surface area contributed by atoms with E-state index in [9.17, 15) is 14.9 Å². The van der Waals surface area contributed by atoms with E-state index in [1.807, 2.05) is 0 Å². The van der Waals surface area contributed by atoms with Gasteiger partial charge in [-0.15, -0.1) is 0 Å². The molecule has 9 heteroatoms. The fraction of sp³-hybridized carbons (Fsp3) is 0. The molecule has 1 amide bonds. The molecule has 0 unspecified atom stereocenters. The van der Waals surface area contributed by atoms with E-state index in [0.717, 1.165) is 0 Å². The van der Waals surface area contributed by atoms with Gasteiger partial charge in [-0.05, 0) is 24.3 Å². The lowest BCUT2D eigenvalue weighted by molar-refractivity contribution is -0.384. The fourth-order valence-corrected chi connectivity index (χ4v) is 3.25. The number of nitrogens with one attached hydrogen (secondary N) is 1. The highest BCUT2D eigenvalue weighted by molar-refractivity contribution is 7.22. The van der Waals surface area contributed by atoms with Crippen molar-refractivity contribution in [1.29, 1.82) is 0 Å². The van der Waals surface area contributed by atoms with E-state index >= 15 is 0 Å². The van der Waals surface area contributed by atoms with Gasteiger partial charge in [0.15, 0.2) is 5.13 Å². The Balaban J connectivity index is 1.62. The predicted molar refractivity (Wildman–Crippen MR) is 93.8 cm³/mol. The average Bonchev–Trinajstić information content (AvgIpc) is 3.02. The van der Waals surface area contributed by atoms with Gasteiger partial charge < -0.3 is 0 Å². The van der Waals surface area contributed by atoms with Crippen LogP contribution in [0.25, 0.3) is 21.3 Å². The molecule has 2 aromatic heterocycles. The summed E-state index contributed by atoms with van der Waals surface area (Å²) in [4.78, 5) is 35.4. The van der Waals surface area contributed by atoms with Crippen molar-refractivity contribution >= 4 is 49.3 Å². The van der Waals surface area contributed by atoms with Gasteiger partial charge in [0, 0.05) is 30.1 Å². The van der Waals surface area contributed by atoms with Gasteiger partial charge in [-0.1, -0.05) is 11.3 Å². The second kappa shape index (κ2) is 5.87. The van der Waals surface area contributed by atoms with Gasteiger partial charge in [-0.25, -0.2) is 4.98 Å². The Morgan fingerprint density at radius 3 is 2.60 bits per heavy atom. The van der Waals surface area contributed by atoms with Gasteiger partial charge in [0.05, 0.1) is 26.2 Å². The van der Waals surface area contributed by atoms with E-state index in [1.165, 1.54) is 23.5 Å². The van der Waals surface area contributed by atoms with Crippen molar-refractivity contribution < 1.29 is 9.72 Å². The number of thiazole rings is 1. The van der Waals surface area contributed by atoms with Crippen molar-refractivity contribution in [3.63, 3.8) is 0 Å². The summed E-state index contributed by atoms with van der Waals surface area (Å²) in [6.45, 7) is 0. The summed E-state index contributed by atoms with van der Waals surface area (Å²) in [5.74, 6) is -0.332. The van der Waals surface area contributed by atoms with E-state index in [-0.39, 0.29) is 11.6 Å². The van der Waals surface area contributed by atoms with Crippen molar-refractivity contribution in [1.82, 2.24) is 15.0 Å². The number of anilines is 1. The summed E-state index contributed by atoms with van der Waals surface area (Å²) in [5, 5.41) is 13.9. The summed E-state index contributed by atoms with van der Waals surface area (Å²) < 4.78 is 0.633. The maximum atomic E-state index is 12.4. The Labute approximate surface area is 144 Å². The number of nitrogens with zero attached hydrogens (tertiary/aromatic N) is 4. The largest absolute Gasteiger partial charge is 0.298 e. The third kappa shape index (κ3) is 2.88. The maximum Gasteiger partial charge on any atom is 0.270 e. The molecular formula is C16H9N5O3S. The monoisotopic (exact) mass is 351 g/mol. The van der Waals surface area contributed by atoms with Crippen LogP contribution < -0.4 is 5.32 Å². The lowest BCUT2D eigenvalue weighted by Crippen LogP contribution is -2.11. The van der Waals surface area contributed by atoms with E-state index in [2.05, 4.69) is 20.3 Å². The van der Waals surface area contributed by atoms with Gasteiger partial charge in [-0.2, -0.15) is 0 Å². The van der Waals surface area contributed by atoms with Crippen LogP contribution >= 0.6 is 11.3 Å². The highest BCUT2D eigenvalue weighted by Crippen LogP contribution is 2.29. The number of carbonyl (C=O) groups is 1. The molecule has 8 nitrogen and oxygen atoms in total. The molecule has 0 aliphatic rings. The molecule has 0 saturated heterocycles. The molecule has 2 heterocycles. The molecule has 0 aliphatic carbocycles. The van der Waals surface area contributed by atoms with Gasteiger partial charge in [-0.3, -0.25) is 30.2 Å². The molecule has 0 spiro atoms. The molecule has 122 valence electrons. The number of fused-ring (bicyclic) bond motifs is 2. The minimum atomic E-state index is -0.465. The van der Waals surface area contributed by atoms with Crippen molar-refractivity contribution in [2.45, 2.75) is 0 Å². The molecule has 0 radical (unpaired) electrons. The highest BCUT2D eigenvalue weighted by atomic mass is 32.1. The first-order valence-electron chi connectivity index (χ1n) is 7.17. The molecule has 1 N–H and O–H groups in total. The fourth-order valence-electron chi connectivity index (χ4n) is 2.35. The number of hydrogen-bond donors (Lipinski definition) is 1. The highest BCUT2D eigenvalue weighted by Gasteiger charge is 2.13. The molecule has 4 rings (SSSR count). The van der Waals surface area contributed by atoms with Crippen LogP contribution in [0.1, 0.15) is 10.4 Å². The zero-order chi connectivity index (χ0) is 17.4. The molecule has 0 saturated carbocycles. The van der Waals surface area contributed by atoms with Crippen LogP contribution in [-0.4, -0.2) is 25.8 Å². The van der Waals surface area contributed by atoms with Gasteiger partial charge in [0.2, 0.25) is 0 Å². The zero-order valence-corrected chi connectivity index (χ0v) is 13.4. The van der Waals surface area contributed by atoms with Crippen LogP contribution in [0, 0.1) is 10.1 Å². The van der Waals surface area contributed by atoms with Crippen molar-refractivity contribution in [2.75, 3.05) is 5.32 Å². The van der Waals surface area contributed by atoms with Crippen LogP contribution in [0.5, 0.6) is 0 Å². The van der Waals surface area contributed by atoms with E-state index in [1.54, 1.807) is 36.7 Å². The molecule has 2 aromatic carbocycles. The predicted octanol–water partition coefficient (Wildman–Crippen LogP) is 3.40. The molecule has 0 aliphatic heterocycles. The maximum absolute atomic E-state index is 12.4. The SMILES string of the molecule is O=C(Nc1nc2ccc([N+](=O)[O-])cc2s1)c1ccc2nccnc2c1. The molecule has 0 atom stereocenters. The first-order chi connectivity index (χ1) is 12.1. The van der Waals surface area contributed by atoms with Crippen LogP contribution in [0.2, 0.25) is 0 Å². The summed E-state index contributed by atoms with van der Waals surface area (Å²) in [6.07, 6.45) is 3.15. The molecule has 4 aromatic rings. The van der Waals surface area contributed by atoms with Crippen LogP contribution in [0.4, 0.5) is 10.8 Å². The van der Waals surface area contributed by atoms with Gasteiger partial charge in [0.25, 0.3) is 11.6 Å². The number of carbonyl (C=O) groups excluding carboxylic acids is 1. The minimum Gasteiger partial charge on any atom is -0.298 e. The second-order valence-electron chi connectivity index (χ2n) is 5.14. The van der Waals surface area contributed by atoms with E-state index in [0.29, 0.717) is 31.9 Å². The first-order valence-corrected chi connectivity index (χ1v) is 7.99. The molecular weight excluding hydrogens is 342 g/mol. The third-order valence-electron chi connectivity index (χ3n) is 3.53. The third-order valence-corrected chi connectivity index (χ3v) is 4.47. The van der Waals surface area contributed by atoms with E-state index in [4.69, 9.17) is 0 Å². The van der Waals surface area contributed by atoms with Crippen LogP contribution in [0.15, 0.2) is 48.8 Å². The summed E-state index contributed by atoms with van der Waals surface area (Å²) in [6, 6.07) is 9.41. The Bertz CT molecular complexity index is 1140. The van der Waals surface area contributed by atoms with Crippen LogP contribution in [-0.2, 0) is 0 Å². The van der Waals surface area contributed by atoms with E-state index < -0.39 is 4.92 Å². The topological polar surface area (TPSA) is 111 Å². The molecule has 0 fully saturated rings. The number of nitro groups is 1. The Hall–Kier alpha value is -3.46. The second-order valence-corrected chi connectivity index (χ2v) is 6.17. The van der Waals surface area contributed by atoms with Crippen molar-refractivity contribution in [3.8, 4) is 0 Å². The average molecular weight is 351 g/mol. The van der Waals surface area contributed by atoms with Gasteiger partial charge >= 0.3 is 0 Å². The van der Waals surface area contributed by atoms with Crippen LogP contribution in [0.3, 0.4) is 0 Å². The number of nitro benzene ring substituents is 1. The summed E-state index contributed by atoms with van der Waals surface area (Å²) in [7, 11) is 0. The number of amides is 1. The Morgan fingerprint density at radius 2 is 1.80 bits per heavy atom. The lowest BCUT2D eigenvalue weighted by Gasteiger charge is -2.02. The standard InChI is InChI=1S/C16H9N5O3S/c22-15(9-1-3-11-13(7-9)18-6-5-17-11)20-16-19-12-4-2-10(21(23)24)8-14(12)25-16/h1-8H,(H,19,20,22). The van der Waals surface area contributed by atoms with Crippen molar-refractivity contribution in [2.24, 2.45) is 0 Å². The lowest BCUT2D eigenvalue weighted by atomic mass is 10.2. The molecule has 0 bridgehead atoms. The minimum absolute atomic E-state index is 0.0119. The normalized spacial score (nSPS) is 10.9. The number of non-ortho nitro benzene ring substituents is 1. The Morgan fingerprint density at radius 1 is 1.04 bits per heavy atom. The quantitative estimate of drug-likeness (QED) is 0.447. The van der Waals surface area contributed by atoms with Crippen molar-refractivity contribution in [3.05, 3.63) is 64.5 Å². The number of benzene rings is 2. The molecule has 25 heavy (non-hydrogen) atoms. The summed E-state index contributed by atoms with van der Waals surface area (Å²) >= 11 is 1.18. The Kier molecular flexibility index (Phi) is 3.55. The number of hydrogen-bond acceptors (Lipinski definition) is 7. The summed E-state index contributed by atoms with van der Waals surface area (Å²) in [5.41, 5.74) is 2.33. The number of rotatable bonds is 3. The first kappa shape index (κ1) is 15.1. The van der Waals surface area contributed by atoms with Gasteiger partial charge in [0.1, 0.15) is 0 Å². The smallest absolute Gasteiger partial charge is 0.270 e. The zero-order valence-electron chi connectivity index (χ0n) is 12.5.